The molecule has 1 aromatic rings. The number of carboxylic acids is 1. The molecule has 4 nitrogen and oxygen atoms in total. The fourth-order valence-electron chi connectivity index (χ4n) is 2.37. The van der Waals surface area contributed by atoms with Crippen molar-refractivity contribution in [2.24, 2.45) is 5.92 Å². The van der Waals surface area contributed by atoms with Gasteiger partial charge in [0.15, 0.2) is 0 Å². The van der Waals surface area contributed by atoms with Gasteiger partial charge in [-0.05, 0) is 42.7 Å². The molecule has 0 spiro atoms. The Kier molecular flexibility index (Phi) is 7.64. The van der Waals surface area contributed by atoms with Crippen molar-refractivity contribution in [3.05, 3.63) is 35.4 Å². The lowest BCUT2D eigenvalue weighted by Crippen LogP contribution is -2.40. The zero-order chi connectivity index (χ0) is 16.5. The minimum absolute atomic E-state index is 0.189. The Balaban J connectivity index is 2.34. The molecule has 4 heteroatoms. The first-order valence-corrected chi connectivity index (χ1v) is 8.02. The highest BCUT2D eigenvalue weighted by Gasteiger charge is 2.16. The number of rotatable bonds is 9. The highest BCUT2D eigenvalue weighted by molar-refractivity contribution is 5.83. The van der Waals surface area contributed by atoms with Gasteiger partial charge in [0.1, 0.15) is 6.04 Å². The number of amides is 1. The van der Waals surface area contributed by atoms with Gasteiger partial charge in [-0.15, -0.1) is 0 Å². The van der Waals surface area contributed by atoms with Gasteiger partial charge in [-0.2, -0.15) is 0 Å². The van der Waals surface area contributed by atoms with Crippen molar-refractivity contribution in [2.45, 2.75) is 58.9 Å². The molecule has 0 saturated carbocycles. The van der Waals surface area contributed by atoms with E-state index in [-0.39, 0.29) is 5.91 Å². The molecule has 0 bridgehead atoms. The van der Waals surface area contributed by atoms with Crippen LogP contribution in [0.1, 0.15) is 51.2 Å². The Labute approximate surface area is 132 Å². The van der Waals surface area contributed by atoms with Gasteiger partial charge in [-0.1, -0.05) is 45.0 Å². The second kappa shape index (κ2) is 9.23. The zero-order valence-corrected chi connectivity index (χ0v) is 13.8. The summed E-state index contributed by atoms with van der Waals surface area (Å²) in [5.74, 6) is -0.516. The normalized spacial score (nSPS) is 12.2. The molecule has 122 valence electrons. The Morgan fingerprint density at radius 3 is 2.23 bits per heavy atom. The summed E-state index contributed by atoms with van der Waals surface area (Å²) in [7, 11) is 0. The smallest absolute Gasteiger partial charge is 0.326 e. The van der Waals surface area contributed by atoms with Crippen LogP contribution < -0.4 is 5.32 Å². The Morgan fingerprint density at radius 1 is 1.14 bits per heavy atom. The predicted molar refractivity (Wildman–Crippen MR) is 87.8 cm³/mol. The van der Waals surface area contributed by atoms with Crippen LogP contribution >= 0.6 is 0 Å². The van der Waals surface area contributed by atoms with Gasteiger partial charge >= 0.3 is 5.97 Å². The first-order valence-electron chi connectivity index (χ1n) is 8.02. The summed E-state index contributed by atoms with van der Waals surface area (Å²) < 4.78 is 0. The van der Waals surface area contributed by atoms with Crippen molar-refractivity contribution in [2.75, 3.05) is 0 Å². The maximum Gasteiger partial charge on any atom is 0.326 e. The number of hydrogen-bond acceptors (Lipinski definition) is 2. The summed E-state index contributed by atoms with van der Waals surface area (Å²) in [6, 6.07) is 7.74. The molecule has 22 heavy (non-hydrogen) atoms. The lowest BCUT2D eigenvalue weighted by atomic mass is 10.00. The summed E-state index contributed by atoms with van der Waals surface area (Å²) >= 11 is 0. The molecule has 0 aliphatic rings. The third-order valence-corrected chi connectivity index (χ3v) is 3.58. The monoisotopic (exact) mass is 305 g/mol. The van der Waals surface area contributed by atoms with Crippen LogP contribution in [0.4, 0.5) is 0 Å². The largest absolute Gasteiger partial charge is 0.480 e. The van der Waals surface area contributed by atoms with E-state index in [1.165, 1.54) is 11.1 Å². The number of aliphatic carboxylic acids is 1. The quantitative estimate of drug-likeness (QED) is 0.736. The van der Waals surface area contributed by atoms with Crippen LogP contribution in [0.25, 0.3) is 0 Å². The Bertz CT molecular complexity index is 480. The van der Waals surface area contributed by atoms with Crippen molar-refractivity contribution in [3.63, 3.8) is 0 Å². The highest BCUT2D eigenvalue weighted by atomic mass is 16.4. The maximum atomic E-state index is 11.7. The summed E-state index contributed by atoms with van der Waals surface area (Å²) in [4.78, 5) is 22.6. The third kappa shape index (κ3) is 6.74. The minimum atomic E-state index is -0.975. The molecule has 0 aliphatic heterocycles. The van der Waals surface area contributed by atoms with Gasteiger partial charge in [0.2, 0.25) is 5.91 Å². The molecule has 0 aliphatic carbocycles. The topological polar surface area (TPSA) is 66.4 Å². The van der Waals surface area contributed by atoms with E-state index >= 15 is 0 Å². The van der Waals surface area contributed by atoms with Gasteiger partial charge < -0.3 is 10.4 Å². The van der Waals surface area contributed by atoms with Crippen LogP contribution in [0.2, 0.25) is 0 Å². The second-order valence-corrected chi connectivity index (χ2v) is 6.13. The van der Waals surface area contributed by atoms with Gasteiger partial charge in [0.05, 0.1) is 0 Å². The second-order valence-electron chi connectivity index (χ2n) is 6.13. The summed E-state index contributed by atoms with van der Waals surface area (Å²) in [5, 5.41) is 11.4. The van der Waals surface area contributed by atoms with E-state index in [0.717, 1.165) is 19.3 Å². The molecule has 1 aromatic carbocycles. The first kappa shape index (κ1) is 18.2. The van der Waals surface area contributed by atoms with Crippen molar-refractivity contribution in [1.82, 2.24) is 5.32 Å². The van der Waals surface area contributed by atoms with E-state index in [1.807, 2.05) is 0 Å². The molecule has 0 saturated heterocycles. The fraction of sp³-hybridized carbons (Fsp3) is 0.556. The number of carbonyl (C=O) groups excluding carboxylic acids is 1. The average molecular weight is 305 g/mol. The van der Waals surface area contributed by atoms with E-state index in [1.54, 1.807) is 6.92 Å². The molecular weight excluding hydrogens is 278 g/mol. The molecule has 1 unspecified atom stereocenters. The molecule has 1 amide bonds. The van der Waals surface area contributed by atoms with E-state index in [0.29, 0.717) is 18.8 Å². The third-order valence-electron chi connectivity index (χ3n) is 3.58. The minimum Gasteiger partial charge on any atom is -0.480 e. The SMILES string of the molecule is CCC(NC(=O)CCCc1ccc(CC(C)C)cc1)C(=O)O. The molecule has 1 atom stereocenters. The highest BCUT2D eigenvalue weighted by Crippen LogP contribution is 2.11. The molecule has 1 rings (SSSR count). The molecule has 0 aromatic heterocycles. The number of nitrogens with one attached hydrogen (secondary N) is 1. The zero-order valence-electron chi connectivity index (χ0n) is 13.8. The maximum absolute atomic E-state index is 11.7. The molecule has 2 N–H and O–H groups in total. The van der Waals surface area contributed by atoms with Crippen molar-refractivity contribution >= 4 is 11.9 Å². The fourth-order valence-corrected chi connectivity index (χ4v) is 2.37. The number of benzene rings is 1. The lowest BCUT2D eigenvalue weighted by Gasteiger charge is -2.12. The number of carbonyl (C=O) groups is 2. The predicted octanol–water partition coefficient (Wildman–Crippen LogP) is 3.19. The molecule has 0 fully saturated rings. The Morgan fingerprint density at radius 2 is 1.73 bits per heavy atom. The van der Waals surface area contributed by atoms with E-state index in [9.17, 15) is 9.59 Å². The molecular formula is C18H27NO3. The number of aryl methyl sites for hydroxylation is 1. The number of carboxylic acid groups (broad SMARTS) is 1. The summed E-state index contributed by atoms with van der Waals surface area (Å²) in [5.41, 5.74) is 2.55. The van der Waals surface area contributed by atoms with Crippen LogP contribution in [-0.4, -0.2) is 23.0 Å². The van der Waals surface area contributed by atoms with Crippen molar-refractivity contribution < 1.29 is 14.7 Å². The van der Waals surface area contributed by atoms with Gasteiger partial charge in [0.25, 0.3) is 0 Å². The summed E-state index contributed by atoms with van der Waals surface area (Å²) in [6.07, 6.45) is 3.40. The first-order chi connectivity index (χ1) is 10.4. The van der Waals surface area contributed by atoms with Gasteiger partial charge in [-0.25, -0.2) is 4.79 Å². The van der Waals surface area contributed by atoms with Crippen LogP contribution in [0.15, 0.2) is 24.3 Å². The lowest BCUT2D eigenvalue weighted by molar-refractivity contribution is -0.141. The average Bonchev–Trinajstić information content (AvgIpc) is 2.45. The standard InChI is InChI=1S/C18H27NO3/c1-4-16(18(21)22)19-17(20)7-5-6-14-8-10-15(11-9-14)12-13(2)3/h8-11,13,16H,4-7,12H2,1-3H3,(H,19,20)(H,21,22). The number of hydrogen-bond donors (Lipinski definition) is 2. The van der Waals surface area contributed by atoms with E-state index in [2.05, 4.69) is 43.4 Å². The van der Waals surface area contributed by atoms with Gasteiger partial charge in [0, 0.05) is 6.42 Å². The Hall–Kier alpha value is -1.84. The molecule has 0 radical (unpaired) electrons. The van der Waals surface area contributed by atoms with Crippen molar-refractivity contribution in [3.8, 4) is 0 Å². The van der Waals surface area contributed by atoms with Crippen LogP contribution in [-0.2, 0) is 22.4 Å². The van der Waals surface area contributed by atoms with Crippen LogP contribution in [0.3, 0.4) is 0 Å². The molecule has 0 heterocycles. The van der Waals surface area contributed by atoms with Crippen molar-refractivity contribution in [1.29, 1.82) is 0 Å². The van der Waals surface area contributed by atoms with Gasteiger partial charge in [-0.3, -0.25) is 4.79 Å². The van der Waals surface area contributed by atoms with Crippen LogP contribution in [0, 0.1) is 5.92 Å². The van der Waals surface area contributed by atoms with E-state index < -0.39 is 12.0 Å². The summed E-state index contributed by atoms with van der Waals surface area (Å²) in [6.45, 7) is 6.15. The van der Waals surface area contributed by atoms with Crippen LogP contribution in [0.5, 0.6) is 0 Å². The van der Waals surface area contributed by atoms with E-state index in [4.69, 9.17) is 5.11 Å².